The summed E-state index contributed by atoms with van der Waals surface area (Å²) in [6.07, 6.45) is 0. The Morgan fingerprint density at radius 2 is 1.44 bits per heavy atom. The summed E-state index contributed by atoms with van der Waals surface area (Å²) in [7, 11) is -4.57. The zero-order valence-electron chi connectivity index (χ0n) is 17.2. The van der Waals surface area contributed by atoms with Crippen molar-refractivity contribution in [2.75, 3.05) is 0 Å². The van der Waals surface area contributed by atoms with Crippen LogP contribution in [0.5, 0.6) is 5.75 Å². The van der Waals surface area contributed by atoms with Crippen molar-refractivity contribution in [2.45, 2.75) is 90.2 Å². The lowest BCUT2D eigenvalue weighted by molar-refractivity contribution is 0.196. The van der Waals surface area contributed by atoms with Crippen LogP contribution in [0.25, 0.3) is 0 Å². The summed E-state index contributed by atoms with van der Waals surface area (Å²) >= 11 is 0. The summed E-state index contributed by atoms with van der Waals surface area (Å²) in [6.45, 7) is 18.8. The van der Waals surface area contributed by atoms with Gasteiger partial charge in [-0.05, 0) is 45.4 Å². The average Bonchev–Trinajstić information content (AvgIpc) is 2.48. The molecule has 0 bridgehead atoms. The number of rotatable bonds is 4. The van der Waals surface area contributed by atoms with Gasteiger partial charge in [-0.15, -0.1) is 0 Å². The molecule has 142 valence electrons. The van der Waals surface area contributed by atoms with Crippen LogP contribution in [-0.2, 0) is 21.2 Å². The lowest BCUT2D eigenvalue weighted by atomic mass is 10.1. The number of phenols is 1. The van der Waals surface area contributed by atoms with E-state index >= 15 is 0 Å². The lowest BCUT2D eigenvalue weighted by Gasteiger charge is -2.50. The largest absolute Gasteiger partial charge is 0.508 e. The zero-order chi connectivity index (χ0) is 19.0. The maximum atomic E-state index is 10.5. The molecule has 5 heteroatoms. The van der Waals surface area contributed by atoms with Crippen molar-refractivity contribution in [2.24, 2.45) is 0 Å². The Balaban J connectivity index is 2.69. The van der Waals surface area contributed by atoms with Crippen LogP contribution < -0.4 is 0 Å². The van der Waals surface area contributed by atoms with Gasteiger partial charge in [0.25, 0.3) is 0 Å². The quantitative estimate of drug-likeness (QED) is 0.646. The van der Waals surface area contributed by atoms with Crippen LogP contribution in [0.15, 0.2) is 18.2 Å². The van der Waals surface area contributed by atoms with Crippen molar-refractivity contribution in [3.63, 3.8) is 0 Å². The number of hydrogen-bond donors (Lipinski definition) is 1. The van der Waals surface area contributed by atoms with Gasteiger partial charge in [-0.25, -0.2) is 0 Å². The molecule has 0 saturated carbocycles. The molecule has 0 amide bonds. The molecule has 0 atom stereocenters. The van der Waals surface area contributed by atoms with Gasteiger partial charge in [-0.2, -0.15) is 0 Å². The Morgan fingerprint density at radius 1 is 0.880 bits per heavy atom. The second kappa shape index (κ2) is 7.55. The van der Waals surface area contributed by atoms with E-state index in [2.05, 4.69) is 61.5 Å². The monoisotopic (exact) mass is 380 g/mol. The predicted octanol–water partition coefficient (Wildman–Crippen LogP) is 6.05. The van der Waals surface area contributed by atoms with E-state index in [1.165, 1.54) is 0 Å². The second-order valence-electron chi connectivity index (χ2n) is 8.78. The zero-order valence-corrected chi connectivity index (χ0v) is 19.2. The first-order chi connectivity index (χ1) is 11.6. The van der Waals surface area contributed by atoms with Gasteiger partial charge in [-0.3, -0.25) is 0 Å². The molecule has 25 heavy (non-hydrogen) atoms. The van der Waals surface area contributed by atoms with Crippen LogP contribution in [0.4, 0.5) is 0 Å². The topological polar surface area (TPSA) is 38.7 Å². The molecule has 0 fully saturated rings. The molecule has 1 aromatic carbocycles. The number of aromatic hydroxyl groups is 1. The van der Waals surface area contributed by atoms with Gasteiger partial charge >= 0.3 is 8.56 Å². The number of benzene rings is 1. The van der Waals surface area contributed by atoms with Gasteiger partial charge in [0.1, 0.15) is 5.75 Å². The molecule has 1 aliphatic heterocycles. The Hall–Kier alpha value is -0.626. The molecule has 0 radical (unpaired) electrons. The Bertz CT molecular complexity index is 581. The molecule has 0 aliphatic carbocycles. The summed E-state index contributed by atoms with van der Waals surface area (Å²) in [5.41, 5.74) is 3.91. The minimum absolute atomic E-state index is 0.395. The van der Waals surface area contributed by atoms with Crippen LogP contribution in [0, 0.1) is 0 Å². The molecule has 2 rings (SSSR count). The summed E-state index contributed by atoms with van der Waals surface area (Å²) < 4.78 is 13.9. The molecular formula is C20H36O3Si2. The van der Waals surface area contributed by atoms with Gasteiger partial charge in [0.2, 0.25) is 0 Å². The summed E-state index contributed by atoms with van der Waals surface area (Å²) in [5, 5.41) is 10.5. The van der Waals surface area contributed by atoms with Gasteiger partial charge in [0.05, 0.1) is 6.61 Å². The average molecular weight is 381 g/mol. The highest BCUT2D eigenvalue weighted by Crippen LogP contribution is 2.47. The van der Waals surface area contributed by atoms with Crippen molar-refractivity contribution >= 4 is 16.9 Å². The molecule has 0 spiro atoms. The van der Waals surface area contributed by atoms with Gasteiger partial charge < -0.3 is 13.6 Å². The third kappa shape index (κ3) is 3.61. The van der Waals surface area contributed by atoms with Crippen LogP contribution in [0.2, 0.25) is 22.2 Å². The van der Waals surface area contributed by atoms with Crippen molar-refractivity contribution < 1.29 is 13.6 Å². The van der Waals surface area contributed by atoms with E-state index in [0.717, 1.165) is 17.2 Å². The Morgan fingerprint density at radius 3 is 1.92 bits per heavy atom. The highest BCUT2D eigenvalue weighted by atomic mass is 28.4. The molecule has 0 saturated heterocycles. The summed E-state index contributed by atoms with van der Waals surface area (Å²) in [6, 6.07) is 6.72. The molecule has 1 aliphatic rings. The highest BCUT2D eigenvalue weighted by Gasteiger charge is 2.55. The fraction of sp³-hybridized carbons (Fsp3) is 0.700. The predicted molar refractivity (Wildman–Crippen MR) is 110 cm³/mol. The van der Waals surface area contributed by atoms with Crippen molar-refractivity contribution in [3.8, 4) is 5.75 Å². The molecule has 1 aromatic rings. The van der Waals surface area contributed by atoms with E-state index in [1.807, 2.05) is 6.07 Å². The molecular weight excluding hydrogens is 344 g/mol. The smallest absolute Gasteiger partial charge is 0.333 e. The third-order valence-corrected chi connectivity index (χ3v) is 17.5. The van der Waals surface area contributed by atoms with E-state index in [0.29, 0.717) is 34.5 Å². The number of fused-ring (bicyclic) bond motifs is 1. The van der Waals surface area contributed by atoms with E-state index in [-0.39, 0.29) is 0 Å². The number of hydrogen-bond acceptors (Lipinski definition) is 3. The van der Waals surface area contributed by atoms with E-state index in [4.69, 9.17) is 8.54 Å². The van der Waals surface area contributed by atoms with Crippen LogP contribution in [0.1, 0.15) is 66.5 Å². The SMILES string of the molecule is CC(C)[Si]1(C(C)C)Cc2c(O)cccc2CO[Si](C(C)C)(C(C)C)O1. The molecule has 1 N–H and O–H groups in total. The second-order valence-corrected chi connectivity index (χ2v) is 18.2. The maximum Gasteiger partial charge on any atom is 0.333 e. The molecule has 1 heterocycles. The van der Waals surface area contributed by atoms with E-state index in [1.54, 1.807) is 6.07 Å². The third-order valence-electron chi connectivity index (χ3n) is 6.07. The summed E-state index contributed by atoms with van der Waals surface area (Å²) in [5.74, 6) is 0.395. The van der Waals surface area contributed by atoms with Crippen molar-refractivity contribution in [1.29, 1.82) is 0 Å². The van der Waals surface area contributed by atoms with Crippen molar-refractivity contribution in [1.82, 2.24) is 0 Å². The van der Waals surface area contributed by atoms with Crippen LogP contribution in [-0.4, -0.2) is 22.0 Å². The first kappa shape index (κ1) is 20.7. The first-order valence-corrected chi connectivity index (χ1v) is 13.9. The number of phenolic OH excluding ortho intramolecular Hbond substituents is 1. The molecule has 0 unspecified atom stereocenters. The maximum absolute atomic E-state index is 10.5. The van der Waals surface area contributed by atoms with Gasteiger partial charge in [0.15, 0.2) is 8.32 Å². The van der Waals surface area contributed by atoms with Crippen LogP contribution in [0.3, 0.4) is 0 Å². The van der Waals surface area contributed by atoms with Crippen LogP contribution >= 0.6 is 0 Å². The first-order valence-electron chi connectivity index (χ1n) is 9.70. The molecule has 0 aromatic heterocycles. The van der Waals surface area contributed by atoms with Gasteiger partial charge in [0, 0.05) is 0 Å². The minimum Gasteiger partial charge on any atom is -0.508 e. The minimum atomic E-state index is -2.39. The summed E-state index contributed by atoms with van der Waals surface area (Å²) in [4.78, 5) is 0. The lowest BCUT2D eigenvalue weighted by Crippen LogP contribution is -2.61. The van der Waals surface area contributed by atoms with E-state index < -0.39 is 16.9 Å². The van der Waals surface area contributed by atoms with Crippen molar-refractivity contribution in [3.05, 3.63) is 29.3 Å². The van der Waals surface area contributed by atoms with Gasteiger partial charge in [-0.1, -0.05) is 67.5 Å². The standard InChI is InChI=1S/C20H36O3Si2/c1-14(2)24(15(3)4)13-19-18(10-9-11-20(19)21)12-22-25(23-24,16(5)6)17(7)8/h9-11,14-17,21H,12-13H2,1-8H3. The fourth-order valence-electron chi connectivity index (χ4n) is 4.34. The van der Waals surface area contributed by atoms with E-state index in [9.17, 15) is 5.11 Å². The normalized spacial score (nSPS) is 20.0. The Labute approximate surface area is 156 Å². The Kier molecular flexibility index (Phi) is 6.24. The fourth-order valence-corrected chi connectivity index (χ4v) is 16.5. The molecule has 3 nitrogen and oxygen atoms in total. The highest BCUT2D eigenvalue weighted by molar-refractivity contribution is 6.86.